The van der Waals surface area contributed by atoms with Crippen LogP contribution in [0.2, 0.25) is 0 Å². The number of carboxylic acids is 1. The molecule has 98 valence electrons. The molecule has 1 saturated heterocycles. The van der Waals surface area contributed by atoms with Gasteiger partial charge in [-0.05, 0) is 12.3 Å². The summed E-state index contributed by atoms with van der Waals surface area (Å²) in [6.45, 7) is 0.470. The summed E-state index contributed by atoms with van der Waals surface area (Å²) in [5.74, 6) is -0.654. The predicted molar refractivity (Wildman–Crippen MR) is 68.6 cm³/mol. The van der Waals surface area contributed by atoms with Gasteiger partial charge in [-0.3, -0.25) is 9.00 Å². The lowest BCUT2D eigenvalue weighted by atomic mass is 10.1. The Kier molecular flexibility index (Phi) is 5.58. The van der Waals surface area contributed by atoms with Gasteiger partial charge >= 0.3 is 5.97 Å². The van der Waals surface area contributed by atoms with Gasteiger partial charge in [0.2, 0.25) is 5.91 Å². The van der Waals surface area contributed by atoms with Crippen LogP contribution in [0.25, 0.3) is 0 Å². The number of carbonyl (C=O) groups is 2. The molecule has 2 unspecified atom stereocenters. The molecule has 1 amide bonds. The van der Waals surface area contributed by atoms with Crippen molar-refractivity contribution in [3.05, 3.63) is 0 Å². The van der Waals surface area contributed by atoms with E-state index in [2.05, 4.69) is 15.9 Å². The Labute approximate surface area is 111 Å². The molecule has 5 nitrogen and oxygen atoms in total. The first-order chi connectivity index (χ1) is 7.95. The fraction of sp³-hybridized carbons (Fsp3) is 0.800. The summed E-state index contributed by atoms with van der Waals surface area (Å²) in [5.41, 5.74) is 0. The summed E-state index contributed by atoms with van der Waals surface area (Å²) in [6.07, 6.45) is 2.18. The molecule has 7 heteroatoms. The summed E-state index contributed by atoms with van der Waals surface area (Å²) in [4.78, 5) is 24.2. The number of likely N-dealkylation sites (tertiary alicyclic amines) is 1. The first-order valence-electron chi connectivity index (χ1n) is 5.34. The molecule has 1 heterocycles. The second-order valence-corrected chi connectivity index (χ2v) is 6.39. The van der Waals surface area contributed by atoms with E-state index < -0.39 is 22.8 Å². The molecular weight excluding hydrogens is 310 g/mol. The molecule has 0 aromatic heterocycles. The highest BCUT2D eigenvalue weighted by molar-refractivity contribution is 9.09. The summed E-state index contributed by atoms with van der Waals surface area (Å²) < 4.78 is 11.0. The minimum Gasteiger partial charge on any atom is -0.480 e. The molecule has 1 fully saturated rings. The Morgan fingerprint density at radius 1 is 1.71 bits per heavy atom. The van der Waals surface area contributed by atoms with Crippen LogP contribution in [0.5, 0.6) is 0 Å². The number of rotatable bonds is 6. The van der Waals surface area contributed by atoms with Crippen LogP contribution in [0.4, 0.5) is 0 Å². The standard InChI is InChI=1S/C10H16BrNO4S/c1-17(16)3-2-8(10(14)15)12-6-7(5-11)4-9(12)13/h7-8H,2-6H2,1H3,(H,14,15)/t7?,8-,17?/m0/s1. The fourth-order valence-electron chi connectivity index (χ4n) is 1.90. The molecule has 0 aromatic carbocycles. The predicted octanol–water partition coefficient (Wildman–Crippen LogP) is 0.452. The maximum atomic E-state index is 11.7. The van der Waals surface area contributed by atoms with Crippen LogP contribution in [0.15, 0.2) is 0 Å². The number of hydrogen-bond donors (Lipinski definition) is 1. The Balaban J connectivity index is 2.67. The number of carboxylic acid groups (broad SMARTS) is 1. The van der Waals surface area contributed by atoms with Crippen LogP contribution in [-0.2, 0) is 20.4 Å². The normalized spacial score (nSPS) is 23.8. The lowest BCUT2D eigenvalue weighted by Gasteiger charge is -2.24. The molecule has 0 spiro atoms. The van der Waals surface area contributed by atoms with E-state index in [1.807, 2.05) is 0 Å². The highest BCUT2D eigenvalue weighted by Crippen LogP contribution is 2.23. The molecule has 1 aliphatic rings. The van der Waals surface area contributed by atoms with Crippen molar-refractivity contribution >= 4 is 38.6 Å². The lowest BCUT2D eigenvalue weighted by Crippen LogP contribution is -2.43. The summed E-state index contributed by atoms with van der Waals surface area (Å²) in [7, 11) is -1.04. The van der Waals surface area contributed by atoms with Crippen molar-refractivity contribution in [1.29, 1.82) is 0 Å². The zero-order valence-electron chi connectivity index (χ0n) is 9.60. The average molecular weight is 326 g/mol. The van der Waals surface area contributed by atoms with Crippen LogP contribution in [-0.4, -0.2) is 56.0 Å². The molecule has 0 saturated carbocycles. The van der Waals surface area contributed by atoms with Crippen molar-refractivity contribution in [2.75, 3.05) is 23.9 Å². The zero-order valence-corrected chi connectivity index (χ0v) is 12.0. The number of aliphatic carboxylic acids is 1. The van der Waals surface area contributed by atoms with Gasteiger partial charge in [0, 0.05) is 41.1 Å². The second kappa shape index (κ2) is 6.49. The van der Waals surface area contributed by atoms with Crippen molar-refractivity contribution in [1.82, 2.24) is 4.90 Å². The summed E-state index contributed by atoms with van der Waals surface area (Å²) in [5, 5.41) is 9.81. The maximum absolute atomic E-state index is 11.7. The Morgan fingerprint density at radius 3 is 2.76 bits per heavy atom. The average Bonchev–Trinajstić information content (AvgIpc) is 2.59. The second-order valence-electron chi connectivity index (χ2n) is 4.19. The highest BCUT2D eigenvalue weighted by Gasteiger charge is 2.36. The van der Waals surface area contributed by atoms with Gasteiger partial charge in [0.05, 0.1) is 0 Å². The van der Waals surface area contributed by atoms with Gasteiger partial charge in [0.15, 0.2) is 0 Å². The van der Waals surface area contributed by atoms with Crippen molar-refractivity contribution < 1.29 is 18.9 Å². The molecule has 3 atom stereocenters. The SMILES string of the molecule is CS(=O)CC[C@@H](C(=O)O)N1CC(CBr)CC1=O. The molecule has 0 radical (unpaired) electrons. The number of halogens is 1. The van der Waals surface area contributed by atoms with E-state index in [1.165, 1.54) is 11.2 Å². The van der Waals surface area contributed by atoms with E-state index in [0.717, 1.165) is 0 Å². The number of carbonyl (C=O) groups excluding carboxylic acids is 1. The topological polar surface area (TPSA) is 74.7 Å². The number of nitrogens with zero attached hydrogens (tertiary/aromatic N) is 1. The Hall–Kier alpha value is -0.430. The van der Waals surface area contributed by atoms with Gasteiger partial charge in [0.1, 0.15) is 6.04 Å². The molecule has 1 rings (SSSR count). The van der Waals surface area contributed by atoms with Crippen molar-refractivity contribution in [3.8, 4) is 0 Å². The minimum absolute atomic E-state index is 0.122. The summed E-state index contributed by atoms with van der Waals surface area (Å²) in [6, 6.07) is -0.838. The van der Waals surface area contributed by atoms with Gasteiger partial charge in [-0.25, -0.2) is 4.79 Å². The Bertz CT molecular complexity index is 336. The molecule has 1 aliphatic heterocycles. The summed E-state index contributed by atoms with van der Waals surface area (Å²) >= 11 is 3.30. The largest absolute Gasteiger partial charge is 0.480 e. The van der Waals surface area contributed by atoms with E-state index in [0.29, 0.717) is 24.0 Å². The van der Waals surface area contributed by atoms with E-state index >= 15 is 0 Å². The molecule has 0 aliphatic carbocycles. The molecule has 1 N–H and O–H groups in total. The van der Waals surface area contributed by atoms with E-state index in [4.69, 9.17) is 5.11 Å². The molecule has 0 aromatic rings. The van der Waals surface area contributed by atoms with E-state index in [-0.39, 0.29) is 18.2 Å². The highest BCUT2D eigenvalue weighted by atomic mass is 79.9. The van der Waals surface area contributed by atoms with E-state index in [1.54, 1.807) is 0 Å². The number of amides is 1. The van der Waals surface area contributed by atoms with Crippen LogP contribution in [0.3, 0.4) is 0 Å². The van der Waals surface area contributed by atoms with Gasteiger partial charge < -0.3 is 10.0 Å². The zero-order chi connectivity index (χ0) is 13.0. The van der Waals surface area contributed by atoms with Crippen molar-refractivity contribution in [3.63, 3.8) is 0 Å². The van der Waals surface area contributed by atoms with Crippen LogP contribution in [0, 0.1) is 5.92 Å². The molecule has 17 heavy (non-hydrogen) atoms. The van der Waals surface area contributed by atoms with Gasteiger partial charge in [-0.2, -0.15) is 0 Å². The first kappa shape index (κ1) is 14.6. The lowest BCUT2D eigenvalue weighted by molar-refractivity contribution is -0.148. The third kappa shape index (κ3) is 4.06. The molecule has 0 bridgehead atoms. The third-order valence-corrected chi connectivity index (χ3v) is 4.52. The molecular formula is C10H16BrNO4S. The van der Waals surface area contributed by atoms with Crippen LogP contribution >= 0.6 is 15.9 Å². The van der Waals surface area contributed by atoms with Gasteiger partial charge in [-0.15, -0.1) is 0 Å². The number of hydrogen-bond acceptors (Lipinski definition) is 3. The quantitative estimate of drug-likeness (QED) is 0.719. The fourth-order valence-corrected chi connectivity index (χ4v) is 2.89. The first-order valence-corrected chi connectivity index (χ1v) is 8.18. The van der Waals surface area contributed by atoms with Crippen LogP contribution < -0.4 is 0 Å². The third-order valence-electron chi connectivity index (χ3n) is 2.80. The minimum atomic E-state index is -1.04. The van der Waals surface area contributed by atoms with E-state index in [9.17, 15) is 13.8 Å². The van der Waals surface area contributed by atoms with Gasteiger partial charge in [-0.1, -0.05) is 15.9 Å². The maximum Gasteiger partial charge on any atom is 0.326 e. The smallest absolute Gasteiger partial charge is 0.326 e. The Morgan fingerprint density at radius 2 is 2.35 bits per heavy atom. The van der Waals surface area contributed by atoms with Crippen molar-refractivity contribution in [2.24, 2.45) is 5.92 Å². The monoisotopic (exact) mass is 325 g/mol. The number of alkyl halides is 1. The van der Waals surface area contributed by atoms with Crippen molar-refractivity contribution in [2.45, 2.75) is 18.9 Å². The van der Waals surface area contributed by atoms with Crippen LogP contribution in [0.1, 0.15) is 12.8 Å². The van der Waals surface area contributed by atoms with Gasteiger partial charge in [0.25, 0.3) is 0 Å².